The summed E-state index contributed by atoms with van der Waals surface area (Å²) in [4.78, 5) is 14.2. The lowest BCUT2D eigenvalue weighted by molar-refractivity contribution is -0.132. The first-order valence-corrected chi connectivity index (χ1v) is 8.20. The number of nitrogens with zero attached hydrogens (tertiary/aromatic N) is 1. The SMILES string of the molecule is O=C(CCCCCc1ccccc1)N1CCc2ccoc2C1. The summed E-state index contributed by atoms with van der Waals surface area (Å²) in [5, 5.41) is 0. The van der Waals surface area contributed by atoms with Gasteiger partial charge in [0.05, 0.1) is 12.8 Å². The number of hydrogen-bond donors (Lipinski definition) is 0. The summed E-state index contributed by atoms with van der Waals surface area (Å²) < 4.78 is 5.43. The van der Waals surface area contributed by atoms with Crippen LogP contribution in [0.2, 0.25) is 0 Å². The number of benzene rings is 1. The Morgan fingerprint density at radius 3 is 2.82 bits per heavy atom. The van der Waals surface area contributed by atoms with E-state index in [2.05, 4.69) is 24.3 Å². The third-order valence-corrected chi connectivity index (χ3v) is 4.37. The second-order valence-electron chi connectivity index (χ2n) is 5.98. The number of furan rings is 1. The largest absolute Gasteiger partial charge is 0.467 e. The predicted molar refractivity (Wildman–Crippen MR) is 86.4 cm³/mol. The van der Waals surface area contributed by atoms with Crippen molar-refractivity contribution in [2.24, 2.45) is 0 Å². The third kappa shape index (κ3) is 3.79. The van der Waals surface area contributed by atoms with E-state index in [1.807, 2.05) is 17.0 Å². The fourth-order valence-electron chi connectivity index (χ4n) is 3.03. The fraction of sp³-hybridized carbons (Fsp3) is 0.421. The van der Waals surface area contributed by atoms with Crippen LogP contribution in [0.15, 0.2) is 47.1 Å². The zero-order valence-electron chi connectivity index (χ0n) is 13.0. The van der Waals surface area contributed by atoms with Crippen molar-refractivity contribution in [3.05, 3.63) is 59.5 Å². The van der Waals surface area contributed by atoms with Gasteiger partial charge in [0.25, 0.3) is 0 Å². The Morgan fingerprint density at radius 1 is 1.09 bits per heavy atom. The first-order valence-electron chi connectivity index (χ1n) is 8.20. The molecule has 0 saturated carbocycles. The van der Waals surface area contributed by atoms with E-state index < -0.39 is 0 Å². The van der Waals surface area contributed by atoms with Crippen LogP contribution in [0.25, 0.3) is 0 Å². The molecule has 1 aliphatic rings. The van der Waals surface area contributed by atoms with Crippen LogP contribution in [0.4, 0.5) is 0 Å². The van der Waals surface area contributed by atoms with Gasteiger partial charge < -0.3 is 9.32 Å². The van der Waals surface area contributed by atoms with Gasteiger partial charge in [-0.15, -0.1) is 0 Å². The molecule has 2 heterocycles. The molecule has 22 heavy (non-hydrogen) atoms. The number of rotatable bonds is 6. The Labute approximate surface area is 131 Å². The molecule has 1 aromatic heterocycles. The van der Waals surface area contributed by atoms with Gasteiger partial charge in [-0.1, -0.05) is 36.8 Å². The Morgan fingerprint density at radius 2 is 1.95 bits per heavy atom. The highest BCUT2D eigenvalue weighted by atomic mass is 16.3. The summed E-state index contributed by atoms with van der Waals surface area (Å²) in [6.07, 6.45) is 7.65. The molecule has 0 saturated heterocycles. The van der Waals surface area contributed by atoms with Gasteiger partial charge in [-0.05, 0) is 42.9 Å². The highest BCUT2D eigenvalue weighted by Gasteiger charge is 2.22. The molecule has 3 heteroatoms. The number of carbonyl (C=O) groups is 1. The highest BCUT2D eigenvalue weighted by molar-refractivity contribution is 5.76. The van der Waals surface area contributed by atoms with Crippen molar-refractivity contribution in [2.75, 3.05) is 6.54 Å². The van der Waals surface area contributed by atoms with Crippen molar-refractivity contribution in [2.45, 2.75) is 45.1 Å². The van der Waals surface area contributed by atoms with Crippen LogP contribution in [0, 0.1) is 0 Å². The predicted octanol–water partition coefficient (Wildman–Crippen LogP) is 3.97. The normalized spacial score (nSPS) is 13.9. The number of unbranched alkanes of at least 4 members (excludes halogenated alkanes) is 2. The standard InChI is InChI=1S/C19H23NO2/c21-19(20-13-11-17-12-14-22-18(17)15-20)10-6-2-5-9-16-7-3-1-4-8-16/h1,3-4,7-8,12,14H,2,5-6,9-11,13,15H2. The quantitative estimate of drug-likeness (QED) is 0.756. The average molecular weight is 297 g/mol. The lowest BCUT2D eigenvalue weighted by atomic mass is 10.0. The van der Waals surface area contributed by atoms with Gasteiger partial charge in [0.1, 0.15) is 5.76 Å². The maximum Gasteiger partial charge on any atom is 0.222 e. The zero-order chi connectivity index (χ0) is 15.2. The molecule has 0 aliphatic carbocycles. The minimum absolute atomic E-state index is 0.266. The van der Waals surface area contributed by atoms with E-state index in [9.17, 15) is 4.79 Å². The Balaban J connectivity index is 1.35. The van der Waals surface area contributed by atoms with Gasteiger partial charge in [-0.25, -0.2) is 0 Å². The maximum atomic E-state index is 12.2. The average Bonchev–Trinajstić information content (AvgIpc) is 3.03. The van der Waals surface area contributed by atoms with E-state index in [1.165, 1.54) is 11.1 Å². The van der Waals surface area contributed by atoms with E-state index >= 15 is 0 Å². The van der Waals surface area contributed by atoms with Gasteiger partial charge in [0.2, 0.25) is 5.91 Å². The monoisotopic (exact) mass is 297 g/mol. The minimum atomic E-state index is 0.266. The zero-order valence-corrected chi connectivity index (χ0v) is 13.0. The smallest absolute Gasteiger partial charge is 0.222 e. The molecule has 0 radical (unpaired) electrons. The Kier molecular flexibility index (Phi) is 4.94. The van der Waals surface area contributed by atoms with E-state index in [4.69, 9.17) is 4.42 Å². The molecule has 0 fully saturated rings. The van der Waals surface area contributed by atoms with Gasteiger partial charge in [0, 0.05) is 13.0 Å². The Hall–Kier alpha value is -2.03. The van der Waals surface area contributed by atoms with E-state index in [-0.39, 0.29) is 5.91 Å². The van der Waals surface area contributed by atoms with Crippen molar-refractivity contribution in [3.63, 3.8) is 0 Å². The van der Waals surface area contributed by atoms with Gasteiger partial charge in [-0.2, -0.15) is 0 Å². The summed E-state index contributed by atoms with van der Waals surface area (Å²) in [7, 11) is 0. The van der Waals surface area contributed by atoms with E-state index in [0.717, 1.165) is 44.4 Å². The molecule has 116 valence electrons. The Bertz CT molecular complexity index is 603. The molecule has 3 nitrogen and oxygen atoms in total. The van der Waals surface area contributed by atoms with Crippen LogP contribution < -0.4 is 0 Å². The van der Waals surface area contributed by atoms with Gasteiger partial charge in [0.15, 0.2) is 0 Å². The second kappa shape index (κ2) is 7.30. The number of fused-ring (bicyclic) bond motifs is 1. The van der Waals surface area contributed by atoms with Crippen LogP contribution in [0.5, 0.6) is 0 Å². The van der Waals surface area contributed by atoms with Crippen LogP contribution in [-0.2, 0) is 24.2 Å². The summed E-state index contributed by atoms with van der Waals surface area (Å²) in [5.41, 5.74) is 2.64. The van der Waals surface area contributed by atoms with Crippen LogP contribution in [0.3, 0.4) is 0 Å². The van der Waals surface area contributed by atoms with Gasteiger partial charge in [-0.3, -0.25) is 4.79 Å². The molecule has 0 N–H and O–H groups in total. The van der Waals surface area contributed by atoms with Gasteiger partial charge >= 0.3 is 0 Å². The van der Waals surface area contributed by atoms with Crippen molar-refractivity contribution < 1.29 is 9.21 Å². The summed E-state index contributed by atoms with van der Waals surface area (Å²) in [6, 6.07) is 12.6. The molecule has 0 spiro atoms. The van der Waals surface area contributed by atoms with Crippen molar-refractivity contribution in [1.29, 1.82) is 0 Å². The van der Waals surface area contributed by atoms with Crippen LogP contribution in [0.1, 0.15) is 42.6 Å². The molecule has 0 bridgehead atoms. The molecular formula is C19H23NO2. The number of hydrogen-bond acceptors (Lipinski definition) is 2. The molecule has 2 aromatic rings. The molecule has 3 rings (SSSR count). The first kappa shape index (κ1) is 14.9. The van der Waals surface area contributed by atoms with Crippen molar-refractivity contribution >= 4 is 5.91 Å². The molecule has 0 atom stereocenters. The van der Waals surface area contributed by atoms with Crippen LogP contribution in [-0.4, -0.2) is 17.4 Å². The maximum absolute atomic E-state index is 12.2. The van der Waals surface area contributed by atoms with E-state index in [1.54, 1.807) is 6.26 Å². The molecule has 0 unspecified atom stereocenters. The number of aryl methyl sites for hydroxylation is 1. The van der Waals surface area contributed by atoms with Crippen molar-refractivity contribution in [3.8, 4) is 0 Å². The lowest BCUT2D eigenvalue weighted by Crippen LogP contribution is -2.35. The van der Waals surface area contributed by atoms with E-state index in [0.29, 0.717) is 13.0 Å². The first-order chi connectivity index (χ1) is 10.8. The highest BCUT2D eigenvalue weighted by Crippen LogP contribution is 2.20. The summed E-state index contributed by atoms with van der Waals surface area (Å²) >= 11 is 0. The van der Waals surface area contributed by atoms with Crippen LogP contribution >= 0.6 is 0 Å². The number of amides is 1. The third-order valence-electron chi connectivity index (χ3n) is 4.37. The molecular weight excluding hydrogens is 274 g/mol. The van der Waals surface area contributed by atoms with Crippen molar-refractivity contribution in [1.82, 2.24) is 4.90 Å². The molecule has 1 amide bonds. The minimum Gasteiger partial charge on any atom is -0.467 e. The molecule has 1 aliphatic heterocycles. The number of carbonyl (C=O) groups excluding carboxylic acids is 1. The lowest BCUT2D eigenvalue weighted by Gasteiger charge is -2.26. The second-order valence-corrected chi connectivity index (χ2v) is 5.98. The molecule has 1 aromatic carbocycles. The topological polar surface area (TPSA) is 33.5 Å². The fourth-order valence-corrected chi connectivity index (χ4v) is 3.03. The summed E-state index contributed by atoms with van der Waals surface area (Å²) in [6.45, 7) is 1.47. The summed E-state index contributed by atoms with van der Waals surface area (Å²) in [5.74, 6) is 1.23.